The van der Waals surface area contributed by atoms with Crippen LogP contribution in [0.25, 0.3) is 66.1 Å². The molecule has 0 radical (unpaired) electrons. The van der Waals surface area contributed by atoms with Gasteiger partial charge in [0.15, 0.2) is 0 Å². The van der Waals surface area contributed by atoms with E-state index in [0.29, 0.717) is 0 Å². The van der Waals surface area contributed by atoms with E-state index in [2.05, 4.69) is 182 Å². The van der Waals surface area contributed by atoms with E-state index in [1.165, 1.54) is 98.1 Å². The minimum atomic E-state index is -0.499. The van der Waals surface area contributed by atoms with Crippen LogP contribution in [-0.2, 0) is 5.41 Å². The molecule has 1 nitrogen and oxygen atoms in total. The summed E-state index contributed by atoms with van der Waals surface area (Å²) in [6, 6.07) is 69.2. The van der Waals surface area contributed by atoms with Crippen molar-refractivity contribution in [3.8, 4) is 44.5 Å². The molecule has 0 saturated carbocycles. The van der Waals surface area contributed by atoms with Crippen molar-refractivity contribution in [2.45, 2.75) is 15.2 Å². The summed E-state index contributed by atoms with van der Waals surface area (Å²) in [5.74, 6) is 0. The second kappa shape index (κ2) is 11.6. The number of nitrogen functional groups attached to an aromatic ring is 1. The molecule has 53 heavy (non-hydrogen) atoms. The molecular formula is C51H33NS. The highest BCUT2D eigenvalue weighted by Gasteiger charge is 2.50. The van der Waals surface area contributed by atoms with Gasteiger partial charge in [-0.3, -0.25) is 0 Å². The van der Waals surface area contributed by atoms with Crippen LogP contribution in [-0.4, -0.2) is 0 Å². The molecule has 248 valence electrons. The average molecular weight is 692 g/mol. The van der Waals surface area contributed by atoms with Crippen molar-refractivity contribution < 1.29 is 0 Å². The van der Waals surface area contributed by atoms with E-state index >= 15 is 0 Å². The minimum Gasteiger partial charge on any atom is -0.399 e. The summed E-state index contributed by atoms with van der Waals surface area (Å²) >= 11 is 1.88. The molecule has 0 aromatic heterocycles. The van der Waals surface area contributed by atoms with Crippen molar-refractivity contribution >= 4 is 39.0 Å². The Morgan fingerprint density at radius 1 is 0.340 bits per heavy atom. The van der Waals surface area contributed by atoms with Gasteiger partial charge in [0, 0.05) is 15.5 Å². The van der Waals surface area contributed by atoms with Crippen molar-refractivity contribution in [1.29, 1.82) is 0 Å². The summed E-state index contributed by atoms with van der Waals surface area (Å²) in [6.07, 6.45) is 0. The van der Waals surface area contributed by atoms with E-state index in [1.807, 2.05) is 17.8 Å². The molecule has 2 heteroatoms. The van der Waals surface area contributed by atoms with Gasteiger partial charge in [-0.2, -0.15) is 0 Å². The lowest BCUT2D eigenvalue weighted by atomic mass is 9.67. The molecule has 0 saturated heterocycles. The van der Waals surface area contributed by atoms with Gasteiger partial charge in [-0.25, -0.2) is 0 Å². The zero-order chi connectivity index (χ0) is 35.1. The first-order valence-electron chi connectivity index (χ1n) is 18.2. The molecule has 9 aromatic carbocycles. The average Bonchev–Trinajstić information content (AvgIpc) is 3.50. The van der Waals surface area contributed by atoms with Gasteiger partial charge in [0.1, 0.15) is 0 Å². The highest BCUT2D eigenvalue weighted by molar-refractivity contribution is 7.99. The van der Waals surface area contributed by atoms with E-state index in [9.17, 15) is 0 Å². The van der Waals surface area contributed by atoms with E-state index in [0.717, 1.165) is 5.69 Å². The molecule has 2 N–H and O–H groups in total. The van der Waals surface area contributed by atoms with Crippen molar-refractivity contribution in [2.24, 2.45) is 0 Å². The number of hydrogen-bond acceptors (Lipinski definition) is 2. The number of hydrogen-bond donors (Lipinski definition) is 1. The van der Waals surface area contributed by atoms with Crippen LogP contribution in [0.5, 0.6) is 0 Å². The Kier molecular flexibility index (Phi) is 6.62. The zero-order valence-corrected chi connectivity index (χ0v) is 29.7. The van der Waals surface area contributed by atoms with Crippen LogP contribution in [0.4, 0.5) is 5.69 Å². The fraction of sp³-hybridized carbons (Fsp3) is 0.0196. The lowest BCUT2D eigenvalue weighted by molar-refractivity contribution is 0.723. The Morgan fingerprint density at radius 2 is 0.849 bits per heavy atom. The Balaban J connectivity index is 1.19. The second-order valence-electron chi connectivity index (χ2n) is 14.2. The van der Waals surface area contributed by atoms with Crippen molar-refractivity contribution in [2.75, 3.05) is 5.73 Å². The molecular weight excluding hydrogens is 659 g/mol. The Morgan fingerprint density at radius 3 is 1.57 bits per heavy atom. The molecule has 1 spiro atoms. The van der Waals surface area contributed by atoms with Gasteiger partial charge in [-0.15, -0.1) is 0 Å². The fourth-order valence-corrected chi connectivity index (χ4v) is 10.5. The predicted molar refractivity (Wildman–Crippen MR) is 224 cm³/mol. The highest BCUT2D eigenvalue weighted by atomic mass is 32.2. The van der Waals surface area contributed by atoms with Crippen LogP contribution in [0.2, 0.25) is 0 Å². The van der Waals surface area contributed by atoms with E-state index < -0.39 is 5.41 Å². The first-order chi connectivity index (χ1) is 26.2. The van der Waals surface area contributed by atoms with Gasteiger partial charge in [0.2, 0.25) is 0 Å². The molecule has 2 aliphatic rings. The zero-order valence-electron chi connectivity index (χ0n) is 28.9. The summed E-state index contributed by atoms with van der Waals surface area (Å²) in [5, 5.41) is 5.01. The Bertz CT molecular complexity index is 2870. The topological polar surface area (TPSA) is 26.0 Å². The molecule has 1 unspecified atom stereocenters. The molecule has 1 aliphatic heterocycles. The smallest absolute Gasteiger partial charge is 0.0736 e. The SMILES string of the molecule is Nc1ccc2c(c1)C1(c3ccccc3Sc3ccc(-c4c5ccccc5c(-c5ccc(-c6ccccc6)cc5)c5ccccc45)cc31)c1ccccc1-2. The van der Waals surface area contributed by atoms with Crippen molar-refractivity contribution in [3.63, 3.8) is 0 Å². The normalized spacial score (nSPS) is 15.2. The third-order valence-corrected chi connectivity index (χ3v) is 12.6. The second-order valence-corrected chi connectivity index (χ2v) is 15.3. The highest BCUT2D eigenvalue weighted by Crippen LogP contribution is 2.63. The van der Waals surface area contributed by atoms with Gasteiger partial charge < -0.3 is 5.73 Å². The number of anilines is 1. The maximum absolute atomic E-state index is 6.64. The van der Waals surface area contributed by atoms with Crippen LogP contribution in [0.1, 0.15) is 22.3 Å². The number of nitrogens with two attached hydrogens (primary N) is 1. The third-order valence-electron chi connectivity index (χ3n) is 11.5. The monoisotopic (exact) mass is 691 g/mol. The summed E-state index contributed by atoms with van der Waals surface area (Å²) in [6.45, 7) is 0. The lowest BCUT2D eigenvalue weighted by Crippen LogP contribution is -2.32. The first-order valence-corrected chi connectivity index (χ1v) is 19.0. The van der Waals surface area contributed by atoms with Crippen LogP contribution < -0.4 is 5.73 Å². The summed E-state index contributed by atoms with van der Waals surface area (Å²) < 4.78 is 0. The molecule has 1 heterocycles. The fourth-order valence-electron chi connectivity index (χ4n) is 9.28. The lowest BCUT2D eigenvalue weighted by Gasteiger charge is -2.40. The van der Waals surface area contributed by atoms with E-state index in [-0.39, 0.29) is 0 Å². The summed E-state index contributed by atoms with van der Waals surface area (Å²) in [7, 11) is 0. The third kappa shape index (κ3) is 4.33. The number of benzene rings is 9. The van der Waals surface area contributed by atoms with Gasteiger partial charge in [0.25, 0.3) is 0 Å². The summed E-state index contributed by atoms with van der Waals surface area (Å²) in [4.78, 5) is 2.57. The van der Waals surface area contributed by atoms with Crippen molar-refractivity contribution in [3.05, 3.63) is 210 Å². The van der Waals surface area contributed by atoms with E-state index in [4.69, 9.17) is 5.73 Å². The molecule has 0 bridgehead atoms. The van der Waals surface area contributed by atoms with Gasteiger partial charge in [-0.1, -0.05) is 169 Å². The molecule has 1 atom stereocenters. The number of fused-ring (bicyclic) bond motifs is 11. The number of rotatable bonds is 3. The molecule has 11 rings (SSSR count). The maximum Gasteiger partial charge on any atom is 0.0736 e. The van der Waals surface area contributed by atoms with Crippen LogP contribution >= 0.6 is 11.8 Å². The standard InChI is InChI=1S/C51H33NS/c52-36-27-28-38-37-14-8-9-19-43(37)51(45(38)31-36)44-20-10-11-21-47(44)53-48-29-26-35(30-46(48)51)50-41-17-6-4-15-39(41)49(40-16-5-7-18-42(40)50)34-24-22-33(23-25-34)32-12-2-1-3-13-32/h1-31H,52H2. The van der Waals surface area contributed by atoms with Crippen molar-refractivity contribution in [1.82, 2.24) is 0 Å². The largest absolute Gasteiger partial charge is 0.399 e. The van der Waals surface area contributed by atoms with Crippen LogP contribution in [0, 0.1) is 0 Å². The minimum absolute atomic E-state index is 0.499. The van der Waals surface area contributed by atoms with E-state index in [1.54, 1.807) is 0 Å². The molecule has 0 fully saturated rings. The quantitative estimate of drug-likeness (QED) is 0.147. The molecule has 0 amide bonds. The predicted octanol–water partition coefficient (Wildman–Crippen LogP) is 13.4. The van der Waals surface area contributed by atoms with Gasteiger partial charge >= 0.3 is 0 Å². The maximum atomic E-state index is 6.64. The summed E-state index contributed by atoms with van der Waals surface area (Å²) in [5.41, 5.74) is 22.1. The Labute approximate surface area is 313 Å². The van der Waals surface area contributed by atoms with Gasteiger partial charge in [-0.05, 0) is 119 Å². The molecule has 1 aliphatic carbocycles. The first kappa shape index (κ1) is 30.3. The van der Waals surface area contributed by atoms with Crippen LogP contribution in [0.15, 0.2) is 198 Å². The Hall–Kier alpha value is -6.35. The molecule has 9 aromatic rings. The van der Waals surface area contributed by atoms with Crippen LogP contribution in [0.3, 0.4) is 0 Å². The van der Waals surface area contributed by atoms with Gasteiger partial charge in [0.05, 0.1) is 5.41 Å².